The van der Waals surface area contributed by atoms with Crippen LogP contribution in [0.4, 0.5) is 0 Å². The molecule has 164 valence electrons. The maximum Gasteiger partial charge on any atom is 2.00 e. The molecule has 1 atom stereocenters. The normalized spacial score (nSPS) is 19.0. The maximum absolute atomic E-state index is 2.41. The smallest absolute Gasteiger partial charge is 0.306 e. The van der Waals surface area contributed by atoms with Gasteiger partial charge in [0.2, 0.25) is 0 Å². The quantitative estimate of drug-likeness (QED) is 0.238. The van der Waals surface area contributed by atoms with Gasteiger partial charge in [-0.25, -0.2) is 0 Å². The molecule has 1 nitrogen and oxygen atoms in total. The molecule has 0 aromatic heterocycles. The molecule has 2 aromatic carbocycles. The number of rotatable bonds is 10. The van der Waals surface area contributed by atoms with E-state index in [0.29, 0.717) is 6.04 Å². The van der Waals surface area contributed by atoms with Crippen molar-refractivity contribution in [1.82, 2.24) is 4.90 Å². The van der Waals surface area contributed by atoms with E-state index in [1.807, 2.05) is 0 Å². The molecule has 2 fully saturated rings. The SMILES string of the molecule is CN(C)[C@H](CCCC[C]1[CH][CH][CH][CH]1)[C]1[CH][CH][CH][C]1P(c1ccccc1)c1ccccc1.[Fe+2]. The second kappa shape index (κ2) is 13.3. The molecule has 2 aromatic rings. The minimum atomic E-state index is -0.562. The largest absolute Gasteiger partial charge is 2.00 e. The summed E-state index contributed by atoms with van der Waals surface area (Å²) < 4.78 is 0. The van der Waals surface area contributed by atoms with Crippen molar-refractivity contribution in [3.63, 3.8) is 0 Å². The molecule has 0 saturated heterocycles. The standard InChI is InChI=1S/C29H32NP.Fe/c1-30(2)28(22-12-11-16-24-14-9-10-15-24)27-21-13-23-29(27)31(25-17-5-3-6-18-25)26-19-7-4-8-20-26;/h3-10,13-15,17-21,23,28H,11-12,16,22H2,1-2H3;/q;+2/t28-;/m1./s1. The second-order valence-corrected chi connectivity index (χ2v) is 10.6. The van der Waals surface area contributed by atoms with E-state index >= 15 is 0 Å². The van der Waals surface area contributed by atoms with Crippen molar-refractivity contribution in [2.75, 3.05) is 14.1 Å². The average molecular weight is 481 g/mol. The van der Waals surface area contributed by atoms with Crippen LogP contribution in [0, 0.1) is 62.4 Å². The van der Waals surface area contributed by atoms with Crippen molar-refractivity contribution < 1.29 is 17.1 Å². The van der Waals surface area contributed by atoms with Crippen LogP contribution in [0.2, 0.25) is 0 Å². The van der Waals surface area contributed by atoms with Crippen LogP contribution >= 0.6 is 7.92 Å². The first-order valence-corrected chi connectivity index (χ1v) is 12.6. The summed E-state index contributed by atoms with van der Waals surface area (Å²) in [4.78, 5) is 2.41. The molecule has 0 amide bonds. The van der Waals surface area contributed by atoms with Crippen LogP contribution in [0.15, 0.2) is 60.7 Å². The Morgan fingerprint density at radius 2 is 1.31 bits per heavy atom. The molecular weight excluding hydrogens is 449 g/mol. The number of unbranched alkanes of at least 4 members (excludes halogenated alkanes) is 1. The van der Waals surface area contributed by atoms with E-state index < -0.39 is 7.92 Å². The summed E-state index contributed by atoms with van der Waals surface area (Å²) in [5.74, 6) is 2.96. The zero-order valence-electron chi connectivity index (χ0n) is 19.0. The van der Waals surface area contributed by atoms with E-state index in [-0.39, 0.29) is 17.1 Å². The monoisotopic (exact) mass is 481 g/mol. The molecule has 0 aliphatic heterocycles. The van der Waals surface area contributed by atoms with Crippen LogP contribution in [-0.2, 0) is 17.1 Å². The van der Waals surface area contributed by atoms with Gasteiger partial charge < -0.3 is 4.90 Å². The molecule has 0 bridgehead atoms. The Balaban J connectivity index is 0.00000289. The molecule has 0 unspecified atom stereocenters. The van der Waals surface area contributed by atoms with Gasteiger partial charge in [0.15, 0.2) is 0 Å². The molecule has 3 heteroatoms. The summed E-state index contributed by atoms with van der Waals surface area (Å²) in [6, 6.07) is 22.5. The maximum atomic E-state index is 2.41. The number of hydrogen-bond acceptors (Lipinski definition) is 1. The topological polar surface area (TPSA) is 3.24 Å². The Labute approximate surface area is 209 Å². The van der Waals surface area contributed by atoms with E-state index in [9.17, 15) is 0 Å². The summed E-state index contributed by atoms with van der Waals surface area (Å²) in [6.07, 6.45) is 20.6. The van der Waals surface area contributed by atoms with Gasteiger partial charge in [-0.3, -0.25) is 0 Å². The Bertz CT molecular complexity index is 720. The average Bonchev–Trinajstić information content (AvgIpc) is 3.48. The molecule has 2 aliphatic carbocycles. The molecule has 32 heavy (non-hydrogen) atoms. The van der Waals surface area contributed by atoms with Gasteiger partial charge in [0, 0.05) is 17.6 Å². The van der Waals surface area contributed by atoms with Crippen molar-refractivity contribution in [2.24, 2.45) is 0 Å². The predicted octanol–water partition coefficient (Wildman–Crippen LogP) is 5.75. The molecule has 4 rings (SSSR count). The Hall–Kier alpha value is -0.651. The van der Waals surface area contributed by atoms with Crippen LogP contribution < -0.4 is 10.6 Å². The van der Waals surface area contributed by atoms with Crippen molar-refractivity contribution in [2.45, 2.75) is 31.7 Å². The molecule has 2 aliphatic rings. The van der Waals surface area contributed by atoms with Gasteiger partial charge in [-0.2, -0.15) is 0 Å². The Morgan fingerprint density at radius 1 is 0.719 bits per heavy atom. The van der Waals surface area contributed by atoms with Gasteiger partial charge in [0.25, 0.3) is 0 Å². The second-order valence-electron chi connectivity index (χ2n) is 8.39. The Morgan fingerprint density at radius 3 is 1.88 bits per heavy atom. The van der Waals surface area contributed by atoms with E-state index in [2.05, 4.69) is 125 Å². The Kier molecular flexibility index (Phi) is 10.8. The van der Waals surface area contributed by atoms with Crippen LogP contribution in [0.25, 0.3) is 0 Å². The number of nitrogens with zero attached hydrogens (tertiary/aromatic N) is 1. The van der Waals surface area contributed by atoms with Gasteiger partial charge in [0.1, 0.15) is 0 Å². The first kappa shape index (κ1) is 26.0. The fourth-order valence-electron chi connectivity index (χ4n) is 4.43. The molecule has 2 saturated carbocycles. The molecule has 0 heterocycles. The van der Waals surface area contributed by atoms with Gasteiger partial charge >= 0.3 is 17.1 Å². The van der Waals surface area contributed by atoms with Crippen LogP contribution in [0.3, 0.4) is 0 Å². The van der Waals surface area contributed by atoms with E-state index in [1.54, 1.807) is 0 Å². The summed E-state index contributed by atoms with van der Waals surface area (Å²) in [5, 5.41) is 2.84. The third-order valence-electron chi connectivity index (χ3n) is 6.00. The molecule has 10 radical (unpaired) electrons. The number of hydrogen-bond donors (Lipinski definition) is 0. The summed E-state index contributed by atoms with van der Waals surface area (Å²) in [5.41, 5.74) is 1.50. The van der Waals surface area contributed by atoms with Crippen LogP contribution in [-0.4, -0.2) is 25.0 Å². The molecule has 0 N–H and O–H groups in total. The van der Waals surface area contributed by atoms with Crippen molar-refractivity contribution in [3.05, 3.63) is 123 Å². The summed E-state index contributed by atoms with van der Waals surface area (Å²) in [7, 11) is 3.89. The van der Waals surface area contributed by atoms with Gasteiger partial charge in [-0.15, -0.1) is 0 Å². The van der Waals surface area contributed by atoms with Crippen molar-refractivity contribution >= 4 is 18.5 Å². The summed E-state index contributed by atoms with van der Waals surface area (Å²) in [6.45, 7) is 0. The molecule has 0 spiro atoms. The van der Waals surface area contributed by atoms with E-state index in [0.717, 1.165) is 0 Å². The van der Waals surface area contributed by atoms with Gasteiger partial charge in [-0.1, -0.05) is 73.5 Å². The minimum absolute atomic E-state index is 0. The minimum Gasteiger partial charge on any atom is -0.306 e. The van der Waals surface area contributed by atoms with Gasteiger partial charge in [0.05, 0.1) is 0 Å². The van der Waals surface area contributed by atoms with Crippen LogP contribution in [0.1, 0.15) is 25.7 Å². The van der Waals surface area contributed by atoms with E-state index in [1.165, 1.54) is 53.8 Å². The van der Waals surface area contributed by atoms with Gasteiger partial charge in [-0.05, 0) is 96.3 Å². The number of benzene rings is 2. The predicted molar refractivity (Wildman–Crippen MR) is 135 cm³/mol. The third kappa shape index (κ3) is 6.70. The zero-order chi connectivity index (χ0) is 21.5. The van der Waals surface area contributed by atoms with Crippen molar-refractivity contribution in [3.8, 4) is 0 Å². The fourth-order valence-corrected chi connectivity index (χ4v) is 6.94. The summed E-state index contributed by atoms with van der Waals surface area (Å²) >= 11 is 0. The first-order chi connectivity index (χ1) is 15.2. The molecular formula is C29H32FeNP+2. The van der Waals surface area contributed by atoms with E-state index in [4.69, 9.17) is 0 Å². The third-order valence-corrected chi connectivity index (χ3v) is 8.52. The van der Waals surface area contributed by atoms with Crippen molar-refractivity contribution in [1.29, 1.82) is 0 Å². The first-order valence-electron chi connectivity index (χ1n) is 11.3. The zero-order valence-corrected chi connectivity index (χ0v) is 21.0. The van der Waals surface area contributed by atoms with Crippen LogP contribution in [0.5, 0.6) is 0 Å². The fraction of sp³-hybridized carbons (Fsp3) is 0.241.